The molecule has 1 aromatic heterocycles. The van der Waals surface area contributed by atoms with Gasteiger partial charge in [-0.25, -0.2) is 0 Å². The summed E-state index contributed by atoms with van der Waals surface area (Å²) in [6.45, 7) is 1.68. The molecule has 5 nitrogen and oxygen atoms in total. The van der Waals surface area contributed by atoms with Gasteiger partial charge in [0.1, 0.15) is 17.1 Å². The number of benzene rings is 3. The molecule has 1 atom stereocenters. The monoisotopic (exact) mass is 439 g/mol. The van der Waals surface area contributed by atoms with Crippen LogP contribution in [-0.4, -0.2) is 12.5 Å². The van der Waals surface area contributed by atoms with Crippen LogP contribution in [0, 0.1) is 6.92 Å². The molecule has 0 aliphatic heterocycles. The van der Waals surface area contributed by atoms with Crippen LogP contribution in [0.3, 0.4) is 0 Å². The molecular formula is C28H25NO4. The van der Waals surface area contributed by atoms with Crippen LogP contribution in [-0.2, 0) is 11.2 Å². The first kappa shape index (κ1) is 21.0. The summed E-state index contributed by atoms with van der Waals surface area (Å²) in [6, 6.07) is 22.8. The summed E-state index contributed by atoms with van der Waals surface area (Å²) >= 11 is 0. The van der Waals surface area contributed by atoms with Gasteiger partial charge in [0.25, 0.3) is 5.91 Å². The second-order valence-electron chi connectivity index (χ2n) is 8.39. The Morgan fingerprint density at radius 2 is 1.85 bits per heavy atom. The largest absolute Gasteiger partial charge is 0.484 e. The van der Waals surface area contributed by atoms with Gasteiger partial charge in [0.15, 0.2) is 6.61 Å². The van der Waals surface area contributed by atoms with Crippen molar-refractivity contribution in [3.05, 3.63) is 99.9 Å². The predicted octanol–water partition coefficient (Wildman–Crippen LogP) is 5.34. The first-order valence-corrected chi connectivity index (χ1v) is 11.2. The van der Waals surface area contributed by atoms with Crippen LogP contribution in [0.4, 0.5) is 0 Å². The van der Waals surface area contributed by atoms with Crippen molar-refractivity contribution in [2.24, 2.45) is 0 Å². The van der Waals surface area contributed by atoms with Gasteiger partial charge in [-0.1, -0.05) is 54.6 Å². The molecule has 0 radical (unpaired) electrons. The molecule has 0 bridgehead atoms. The Kier molecular flexibility index (Phi) is 5.69. The fraction of sp³-hybridized carbons (Fsp3) is 0.214. The summed E-state index contributed by atoms with van der Waals surface area (Å²) in [4.78, 5) is 25.6. The predicted molar refractivity (Wildman–Crippen MR) is 128 cm³/mol. The van der Waals surface area contributed by atoms with Gasteiger partial charge in [0, 0.05) is 6.07 Å². The second-order valence-corrected chi connectivity index (χ2v) is 8.39. The highest BCUT2D eigenvalue weighted by Crippen LogP contribution is 2.29. The molecule has 0 saturated carbocycles. The van der Waals surface area contributed by atoms with Crippen molar-refractivity contribution in [3.8, 4) is 16.9 Å². The Hall–Kier alpha value is -3.86. The Morgan fingerprint density at radius 3 is 2.70 bits per heavy atom. The van der Waals surface area contributed by atoms with Gasteiger partial charge in [0.05, 0.1) is 17.0 Å². The van der Waals surface area contributed by atoms with E-state index in [-0.39, 0.29) is 24.0 Å². The van der Waals surface area contributed by atoms with Gasteiger partial charge < -0.3 is 14.5 Å². The van der Waals surface area contributed by atoms with Crippen LogP contribution in [0.25, 0.3) is 22.1 Å². The van der Waals surface area contributed by atoms with Crippen LogP contribution >= 0.6 is 0 Å². The Morgan fingerprint density at radius 1 is 1.06 bits per heavy atom. The number of carbonyl (C=O) groups excluding carboxylic acids is 1. The van der Waals surface area contributed by atoms with Crippen LogP contribution in [0.2, 0.25) is 0 Å². The van der Waals surface area contributed by atoms with Crippen LogP contribution in [0.5, 0.6) is 5.75 Å². The third-order valence-electron chi connectivity index (χ3n) is 6.18. The topological polar surface area (TPSA) is 68.5 Å². The zero-order valence-corrected chi connectivity index (χ0v) is 18.5. The third kappa shape index (κ3) is 4.27. The fourth-order valence-corrected chi connectivity index (χ4v) is 4.60. The van der Waals surface area contributed by atoms with E-state index in [1.807, 2.05) is 42.5 Å². The number of amides is 1. The summed E-state index contributed by atoms with van der Waals surface area (Å²) in [5, 5.41) is 3.57. The van der Waals surface area contributed by atoms with Gasteiger partial charge in [-0.2, -0.15) is 0 Å². The van der Waals surface area contributed by atoms with E-state index in [2.05, 4.69) is 17.4 Å². The Labute approximate surface area is 192 Å². The molecule has 1 amide bonds. The van der Waals surface area contributed by atoms with Crippen molar-refractivity contribution in [2.45, 2.75) is 32.2 Å². The zero-order chi connectivity index (χ0) is 22.8. The van der Waals surface area contributed by atoms with E-state index in [0.717, 1.165) is 24.8 Å². The SMILES string of the molecule is Cc1oc2cc(OCC(=O)N[C@H]3CCCc4ccccc43)ccc2c(=O)c1-c1ccccc1. The first-order chi connectivity index (χ1) is 16.1. The van der Waals surface area contributed by atoms with E-state index < -0.39 is 0 Å². The lowest BCUT2D eigenvalue weighted by molar-refractivity contribution is -0.123. The lowest BCUT2D eigenvalue weighted by atomic mass is 9.88. The highest BCUT2D eigenvalue weighted by molar-refractivity contribution is 5.84. The smallest absolute Gasteiger partial charge is 0.258 e. The van der Waals surface area contributed by atoms with Crippen molar-refractivity contribution >= 4 is 16.9 Å². The van der Waals surface area contributed by atoms with E-state index >= 15 is 0 Å². The molecule has 33 heavy (non-hydrogen) atoms. The molecule has 5 heteroatoms. The summed E-state index contributed by atoms with van der Waals surface area (Å²) < 4.78 is 11.7. The molecular weight excluding hydrogens is 414 g/mol. The normalized spacial score (nSPS) is 15.1. The van der Waals surface area contributed by atoms with Gasteiger partial charge in [0.2, 0.25) is 5.43 Å². The van der Waals surface area contributed by atoms with Crippen molar-refractivity contribution in [2.75, 3.05) is 6.61 Å². The van der Waals surface area contributed by atoms with Crippen LogP contribution in [0.1, 0.15) is 35.8 Å². The Balaban J connectivity index is 1.31. The number of carbonyl (C=O) groups is 1. The minimum Gasteiger partial charge on any atom is -0.484 e. The van der Waals surface area contributed by atoms with Gasteiger partial charge >= 0.3 is 0 Å². The molecule has 166 valence electrons. The second kappa shape index (κ2) is 8.94. The van der Waals surface area contributed by atoms with E-state index in [1.165, 1.54) is 11.1 Å². The average Bonchev–Trinajstić information content (AvgIpc) is 2.83. The number of fused-ring (bicyclic) bond motifs is 2. The van der Waals surface area contributed by atoms with Crippen LogP contribution < -0.4 is 15.5 Å². The molecule has 5 rings (SSSR count). The molecule has 4 aromatic rings. The number of hydrogen-bond donors (Lipinski definition) is 1. The lowest BCUT2D eigenvalue weighted by Gasteiger charge is -2.26. The third-order valence-corrected chi connectivity index (χ3v) is 6.18. The molecule has 1 aliphatic carbocycles. The number of rotatable bonds is 5. The minimum atomic E-state index is -0.172. The van der Waals surface area contributed by atoms with Gasteiger partial charge in [-0.3, -0.25) is 9.59 Å². The van der Waals surface area contributed by atoms with Crippen LogP contribution in [0.15, 0.2) is 82.0 Å². The number of ether oxygens (including phenoxy) is 1. The van der Waals surface area contributed by atoms with Crippen molar-refractivity contribution in [1.82, 2.24) is 5.32 Å². The van der Waals surface area contributed by atoms with E-state index in [1.54, 1.807) is 25.1 Å². The van der Waals surface area contributed by atoms with E-state index in [9.17, 15) is 9.59 Å². The number of hydrogen-bond acceptors (Lipinski definition) is 4. The molecule has 3 aromatic carbocycles. The molecule has 1 aliphatic rings. The quantitative estimate of drug-likeness (QED) is 0.456. The summed E-state index contributed by atoms with van der Waals surface area (Å²) in [6.07, 6.45) is 3.02. The molecule has 0 saturated heterocycles. The summed E-state index contributed by atoms with van der Waals surface area (Å²) in [7, 11) is 0. The standard InChI is InChI=1S/C28H25NO4/c1-18-27(20-9-3-2-4-10-20)28(31)23-15-14-21(16-25(23)33-18)32-17-26(30)29-24-13-7-11-19-8-5-6-12-22(19)24/h2-6,8-10,12,14-16,24H,7,11,13,17H2,1H3,(H,29,30)/t24-/m0/s1. The summed E-state index contributed by atoms with van der Waals surface area (Å²) in [5.74, 6) is 0.857. The Bertz CT molecular complexity index is 1370. The summed E-state index contributed by atoms with van der Waals surface area (Å²) in [5.41, 5.74) is 4.23. The fourth-order valence-electron chi connectivity index (χ4n) is 4.60. The lowest BCUT2D eigenvalue weighted by Crippen LogP contribution is -2.34. The average molecular weight is 440 g/mol. The molecule has 0 spiro atoms. The number of nitrogens with one attached hydrogen (secondary N) is 1. The number of aryl methyl sites for hydroxylation is 2. The zero-order valence-electron chi connectivity index (χ0n) is 18.5. The van der Waals surface area contributed by atoms with Gasteiger partial charge in [-0.15, -0.1) is 0 Å². The van der Waals surface area contributed by atoms with E-state index in [0.29, 0.717) is 28.0 Å². The maximum absolute atomic E-state index is 13.1. The first-order valence-electron chi connectivity index (χ1n) is 11.2. The molecule has 0 unspecified atom stereocenters. The minimum absolute atomic E-state index is 0.0136. The van der Waals surface area contributed by atoms with Crippen molar-refractivity contribution in [1.29, 1.82) is 0 Å². The van der Waals surface area contributed by atoms with Crippen molar-refractivity contribution < 1.29 is 13.9 Å². The van der Waals surface area contributed by atoms with Gasteiger partial charge in [-0.05, 0) is 55.0 Å². The maximum atomic E-state index is 13.1. The highest BCUT2D eigenvalue weighted by atomic mass is 16.5. The maximum Gasteiger partial charge on any atom is 0.258 e. The molecule has 0 fully saturated rings. The van der Waals surface area contributed by atoms with E-state index in [4.69, 9.17) is 9.15 Å². The van der Waals surface area contributed by atoms with Crippen molar-refractivity contribution in [3.63, 3.8) is 0 Å². The molecule has 1 heterocycles. The highest BCUT2D eigenvalue weighted by Gasteiger charge is 2.21. The molecule has 1 N–H and O–H groups in total.